The normalized spacial score (nSPS) is 10.6. The number of benzene rings is 1. The highest BCUT2D eigenvalue weighted by molar-refractivity contribution is 9.10. The van der Waals surface area contributed by atoms with Crippen molar-refractivity contribution >= 4 is 15.9 Å². The van der Waals surface area contributed by atoms with Crippen LogP contribution < -0.4 is 4.74 Å². The number of aromatic nitrogens is 4. The van der Waals surface area contributed by atoms with E-state index in [1.165, 1.54) is 12.1 Å². The summed E-state index contributed by atoms with van der Waals surface area (Å²) in [6.07, 6.45) is 0.943. The van der Waals surface area contributed by atoms with Gasteiger partial charge in [-0.3, -0.25) is 0 Å². The van der Waals surface area contributed by atoms with Crippen LogP contribution in [-0.2, 0) is 13.2 Å². The van der Waals surface area contributed by atoms with Crippen LogP contribution in [0.4, 0.5) is 4.39 Å². The average Bonchev–Trinajstić information content (AvgIpc) is 2.76. The smallest absolute Gasteiger partial charge is 0.189 e. The zero-order valence-electron chi connectivity index (χ0n) is 9.81. The van der Waals surface area contributed by atoms with Crippen molar-refractivity contribution < 1.29 is 9.13 Å². The summed E-state index contributed by atoms with van der Waals surface area (Å²) in [6.45, 7) is 3.04. The molecule has 0 bridgehead atoms. The lowest BCUT2D eigenvalue weighted by atomic mass is 10.3. The number of halogens is 2. The van der Waals surface area contributed by atoms with E-state index < -0.39 is 0 Å². The van der Waals surface area contributed by atoms with Gasteiger partial charge in [0, 0.05) is 6.54 Å². The molecule has 2 rings (SSSR count). The number of hydrogen-bond acceptors (Lipinski definition) is 4. The summed E-state index contributed by atoms with van der Waals surface area (Å²) in [6, 6.07) is 4.26. The molecule has 1 aromatic heterocycles. The summed E-state index contributed by atoms with van der Waals surface area (Å²) >= 11 is 3.24. The summed E-state index contributed by atoms with van der Waals surface area (Å²) in [7, 11) is 0. The third-order valence-corrected chi connectivity index (χ3v) is 2.91. The van der Waals surface area contributed by atoms with E-state index in [2.05, 4.69) is 31.5 Å². The van der Waals surface area contributed by atoms with Gasteiger partial charge in [0.1, 0.15) is 18.2 Å². The van der Waals surface area contributed by atoms with Crippen LogP contribution in [-0.4, -0.2) is 20.2 Å². The van der Waals surface area contributed by atoms with Gasteiger partial charge >= 0.3 is 0 Å². The molecule has 0 spiro atoms. The van der Waals surface area contributed by atoms with Crippen molar-refractivity contribution in [2.24, 2.45) is 0 Å². The molecule has 5 nitrogen and oxygen atoms in total. The van der Waals surface area contributed by atoms with Crippen molar-refractivity contribution in [3.63, 3.8) is 0 Å². The largest absolute Gasteiger partial charge is 0.484 e. The first-order valence-electron chi connectivity index (χ1n) is 5.53. The van der Waals surface area contributed by atoms with Crippen molar-refractivity contribution in [1.29, 1.82) is 0 Å². The SMILES string of the molecule is CCCn1nnnc1COc1ccc(F)cc1Br. The summed E-state index contributed by atoms with van der Waals surface area (Å²) in [4.78, 5) is 0. The Labute approximate surface area is 112 Å². The Morgan fingerprint density at radius 3 is 3.00 bits per heavy atom. The minimum absolute atomic E-state index is 0.247. The van der Waals surface area contributed by atoms with Crippen molar-refractivity contribution in [1.82, 2.24) is 20.2 Å². The molecule has 1 aromatic carbocycles. The van der Waals surface area contributed by atoms with E-state index in [1.807, 2.05) is 6.92 Å². The molecule has 96 valence electrons. The molecule has 0 aliphatic carbocycles. The van der Waals surface area contributed by atoms with E-state index >= 15 is 0 Å². The first kappa shape index (κ1) is 12.9. The van der Waals surface area contributed by atoms with Gasteiger partial charge in [-0.1, -0.05) is 6.92 Å². The van der Waals surface area contributed by atoms with Crippen LogP contribution in [0.2, 0.25) is 0 Å². The van der Waals surface area contributed by atoms with Gasteiger partial charge in [-0.25, -0.2) is 9.07 Å². The molecule has 0 aliphatic rings. The molecule has 0 unspecified atom stereocenters. The number of hydrogen-bond donors (Lipinski definition) is 0. The maximum atomic E-state index is 12.9. The first-order valence-corrected chi connectivity index (χ1v) is 6.33. The van der Waals surface area contributed by atoms with Crippen LogP contribution in [0.25, 0.3) is 0 Å². The number of aryl methyl sites for hydroxylation is 1. The standard InChI is InChI=1S/C11H12BrFN4O/c1-2-5-17-11(14-15-16-17)7-18-10-4-3-8(13)6-9(10)12/h3-4,6H,2,5,7H2,1H3. The van der Waals surface area contributed by atoms with Gasteiger partial charge in [-0.15, -0.1) is 5.10 Å². The minimum Gasteiger partial charge on any atom is -0.484 e. The number of ether oxygens (including phenoxy) is 1. The highest BCUT2D eigenvalue weighted by Crippen LogP contribution is 2.25. The highest BCUT2D eigenvalue weighted by atomic mass is 79.9. The molecule has 0 N–H and O–H groups in total. The van der Waals surface area contributed by atoms with E-state index in [-0.39, 0.29) is 12.4 Å². The van der Waals surface area contributed by atoms with Crippen molar-refractivity contribution in [2.75, 3.05) is 0 Å². The Hall–Kier alpha value is -1.50. The van der Waals surface area contributed by atoms with Gasteiger partial charge in [0.05, 0.1) is 4.47 Å². The molecule has 0 saturated heterocycles. The Balaban J connectivity index is 2.04. The molecule has 0 fully saturated rings. The van der Waals surface area contributed by atoms with Gasteiger partial charge < -0.3 is 4.74 Å². The second-order valence-electron chi connectivity index (χ2n) is 3.68. The van der Waals surface area contributed by atoms with Crippen LogP contribution in [0.5, 0.6) is 5.75 Å². The number of nitrogens with zero attached hydrogens (tertiary/aromatic N) is 4. The Kier molecular flexibility index (Phi) is 4.24. The summed E-state index contributed by atoms with van der Waals surface area (Å²) < 4.78 is 20.7. The molecule has 0 saturated carbocycles. The van der Waals surface area contributed by atoms with E-state index in [4.69, 9.17) is 4.74 Å². The molecule has 1 heterocycles. The van der Waals surface area contributed by atoms with E-state index in [0.29, 0.717) is 16.0 Å². The predicted molar refractivity (Wildman–Crippen MR) is 66.5 cm³/mol. The van der Waals surface area contributed by atoms with Crippen molar-refractivity contribution in [3.8, 4) is 5.75 Å². The Morgan fingerprint density at radius 1 is 1.44 bits per heavy atom. The molecule has 0 radical (unpaired) electrons. The summed E-state index contributed by atoms with van der Waals surface area (Å²) in [5.74, 6) is 0.889. The quantitative estimate of drug-likeness (QED) is 0.851. The van der Waals surface area contributed by atoms with E-state index in [9.17, 15) is 4.39 Å². The molecular weight excluding hydrogens is 303 g/mol. The molecule has 18 heavy (non-hydrogen) atoms. The maximum absolute atomic E-state index is 12.9. The van der Waals surface area contributed by atoms with Crippen LogP contribution in [0.1, 0.15) is 19.2 Å². The maximum Gasteiger partial charge on any atom is 0.189 e. The Morgan fingerprint density at radius 2 is 2.28 bits per heavy atom. The van der Waals surface area contributed by atoms with Crippen LogP contribution >= 0.6 is 15.9 Å². The fourth-order valence-electron chi connectivity index (χ4n) is 1.45. The Bertz CT molecular complexity index is 532. The van der Waals surface area contributed by atoms with Crippen LogP contribution in [0, 0.1) is 5.82 Å². The summed E-state index contributed by atoms with van der Waals surface area (Å²) in [5, 5.41) is 11.3. The highest BCUT2D eigenvalue weighted by Gasteiger charge is 2.08. The molecule has 2 aromatic rings. The monoisotopic (exact) mass is 314 g/mol. The molecule has 0 atom stereocenters. The topological polar surface area (TPSA) is 52.8 Å². The lowest BCUT2D eigenvalue weighted by molar-refractivity contribution is 0.284. The second-order valence-corrected chi connectivity index (χ2v) is 4.54. The molecule has 7 heteroatoms. The van der Waals surface area contributed by atoms with Gasteiger partial charge in [-0.05, 0) is 51.0 Å². The molecule has 0 aliphatic heterocycles. The second kappa shape index (κ2) is 5.90. The van der Waals surface area contributed by atoms with Gasteiger partial charge in [-0.2, -0.15) is 0 Å². The summed E-state index contributed by atoms with van der Waals surface area (Å²) in [5.41, 5.74) is 0. The zero-order valence-corrected chi connectivity index (χ0v) is 11.4. The molecular formula is C11H12BrFN4O. The van der Waals surface area contributed by atoms with Crippen molar-refractivity contribution in [3.05, 3.63) is 34.3 Å². The average molecular weight is 315 g/mol. The zero-order chi connectivity index (χ0) is 13.0. The van der Waals surface area contributed by atoms with Crippen LogP contribution in [0.3, 0.4) is 0 Å². The fraction of sp³-hybridized carbons (Fsp3) is 0.364. The van der Waals surface area contributed by atoms with Gasteiger partial charge in [0.2, 0.25) is 0 Å². The molecule has 0 amide bonds. The van der Waals surface area contributed by atoms with Gasteiger partial charge in [0.25, 0.3) is 0 Å². The van der Waals surface area contributed by atoms with Crippen molar-refractivity contribution in [2.45, 2.75) is 26.5 Å². The predicted octanol–water partition coefficient (Wildman–Crippen LogP) is 2.56. The third kappa shape index (κ3) is 3.04. The minimum atomic E-state index is -0.315. The lowest BCUT2D eigenvalue weighted by Gasteiger charge is -2.07. The lowest BCUT2D eigenvalue weighted by Crippen LogP contribution is -2.08. The van der Waals surface area contributed by atoms with E-state index in [0.717, 1.165) is 13.0 Å². The fourth-order valence-corrected chi connectivity index (χ4v) is 1.91. The van der Waals surface area contributed by atoms with Crippen LogP contribution in [0.15, 0.2) is 22.7 Å². The third-order valence-electron chi connectivity index (χ3n) is 2.29. The number of rotatable bonds is 5. The van der Waals surface area contributed by atoms with Gasteiger partial charge in [0.15, 0.2) is 5.82 Å². The van der Waals surface area contributed by atoms with E-state index in [1.54, 1.807) is 10.7 Å². The number of tetrazole rings is 1. The first-order chi connectivity index (χ1) is 8.70.